The summed E-state index contributed by atoms with van der Waals surface area (Å²) < 4.78 is 1.57. The van der Waals surface area contributed by atoms with Crippen LogP contribution in [-0.2, 0) is 4.79 Å². The van der Waals surface area contributed by atoms with Gasteiger partial charge in [-0.1, -0.05) is 29.8 Å². The summed E-state index contributed by atoms with van der Waals surface area (Å²) in [6.07, 6.45) is 9.45. The van der Waals surface area contributed by atoms with Crippen LogP contribution < -0.4 is 5.32 Å². The van der Waals surface area contributed by atoms with Crippen molar-refractivity contribution in [3.63, 3.8) is 0 Å². The fraction of sp³-hybridized carbons (Fsp3) is 0.312. The first kappa shape index (κ1) is 13.5. The molecule has 3 unspecified atom stereocenters. The van der Waals surface area contributed by atoms with Crippen molar-refractivity contribution in [3.8, 4) is 5.69 Å². The number of anilines is 1. The molecule has 1 fully saturated rings. The number of rotatable bonds is 3. The lowest BCUT2D eigenvalue weighted by Gasteiger charge is -2.19. The molecule has 1 amide bonds. The van der Waals surface area contributed by atoms with Crippen molar-refractivity contribution < 1.29 is 4.79 Å². The maximum absolute atomic E-state index is 12.6. The van der Waals surface area contributed by atoms with E-state index in [0.29, 0.717) is 28.2 Å². The maximum atomic E-state index is 12.6. The van der Waals surface area contributed by atoms with E-state index in [4.69, 9.17) is 11.6 Å². The van der Waals surface area contributed by atoms with Gasteiger partial charge in [-0.15, -0.1) is 0 Å². The van der Waals surface area contributed by atoms with Gasteiger partial charge in [-0.2, -0.15) is 5.10 Å². The Hall–Kier alpha value is -2.14. The van der Waals surface area contributed by atoms with Crippen LogP contribution in [0.4, 0.5) is 5.69 Å². The smallest absolute Gasteiger partial charge is 0.228 e. The van der Waals surface area contributed by atoms with Gasteiger partial charge in [-0.25, -0.2) is 9.67 Å². The predicted octanol–water partition coefficient (Wildman–Crippen LogP) is 3.07. The summed E-state index contributed by atoms with van der Waals surface area (Å²) in [6, 6.07) is 5.43. The lowest BCUT2D eigenvalue weighted by molar-refractivity contribution is -0.120. The number of carbonyl (C=O) groups is 1. The van der Waals surface area contributed by atoms with Gasteiger partial charge >= 0.3 is 0 Å². The number of hydrogen-bond donors (Lipinski definition) is 1. The first-order valence-corrected chi connectivity index (χ1v) is 7.73. The van der Waals surface area contributed by atoms with Crippen molar-refractivity contribution in [2.24, 2.45) is 17.8 Å². The number of nitrogens with one attached hydrogen (secondary N) is 1. The monoisotopic (exact) mass is 314 g/mol. The van der Waals surface area contributed by atoms with Crippen LogP contribution in [0.15, 0.2) is 43.0 Å². The Morgan fingerprint density at radius 2 is 2.23 bits per heavy atom. The number of fused-ring (bicyclic) bond motifs is 2. The quantitative estimate of drug-likeness (QED) is 0.886. The highest BCUT2D eigenvalue weighted by molar-refractivity contribution is 6.33. The summed E-state index contributed by atoms with van der Waals surface area (Å²) in [7, 11) is 0. The van der Waals surface area contributed by atoms with Crippen LogP contribution in [0.5, 0.6) is 0 Å². The van der Waals surface area contributed by atoms with Crippen molar-refractivity contribution in [2.75, 3.05) is 5.32 Å². The Morgan fingerprint density at radius 3 is 2.91 bits per heavy atom. The maximum Gasteiger partial charge on any atom is 0.228 e. The number of benzene rings is 1. The average molecular weight is 315 g/mol. The second-order valence-electron chi connectivity index (χ2n) is 5.85. The van der Waals surface area contributed by atoms with Gasteiger partial charge in [-0.05, 0) is 36.8 Å². The highest BCUT2D eigenvalue weighted by Crippen LogP contribution is 2.44. The van der Waals surface area contributed by atoms with Crippen LogP contribution >= 0.6 is 11.6 Å². The molecule has 1 aromatic carbocycles. The van der Waals surface area contributed by atoms with Gasteiger partial charge in [0.05, 0.1) is 10.7 Å². The number of hydrogen-bond acceptors (Lipinski definition) is 3. The number of amides is 1. The van der Waals surface area contributed by atoms with Crippen LogP contribution in [0.2, 0.25) is 5.02 Å². The molecular formula is C16H15ClN4O. The largest absolute Gasteiger partial charge is 0.324 e. The van der Waals surface area contributed by atoms with E-state index in [1.54, 1.807) is 17.1 Å². The minimum absolute atomic E-state index is 0.0533. The van der Waals surface area contributed by atoms with Crippen LogP contribution in [0, 0.1) is 17.8 Å². The van der Waals surface area contributed by atoms with Crippen molar-refractivity contribution in [1.82, 2.24) is 14.8 Å². The second kappa shape index (κ2) is 5.25. The van der Waals surface area contributed by atoms with Crippen LogP contribution in [-0.4, -0.2) is 20.7 Å². The molecule has 1 heterocycles. The molecule has 4 rings (SSSR count). The normalized spacial score (nSPS) is 25.6. The fourth-order valence-corrected chi connectivity index (χ4v) is 3.74. The first-order chi connectivity index (χ1) is 10.7. The summed E-state index contributed by atoms with van der Waals surface area (Å²) in [5, 5.41) is 7.65. The molecule has 2 aliphatic carbocycles. The number of para-hydroxylation sites is 1. The zero-order chi connectivity index (χ0) is 15.1. The lowest BCUT2D eigenvalue weighted by Crippen LogP contribution is -2.26. The van der Waals surface area contributed by atoms with Gasteiger partial charge in [-0.3, -0.25) is 4.79 Å². The number of aromatic nitrogens is 3. The van der Waals surface area contributed by atoms with Gasteiger partial charge < -0.3 is 5.32 Å². The van der Waals surface area contributed by atoms with Crippen molar-refractivity contribution in [1.29, 1.82) is 0 Å². The Kier molecular flexibility index (Phi) is 3.22. The summed E-state index contributed by atoms with van der Waals surface area (Å²) in [5.41, 5.74) is 1.31. The molecule has 0 saturated heterocycles. The van der Waals surface area contributed by atoms with E-state index in [-0.39, 0.29) is 11.8 Å². The Balaban J connectivity index is 1.62. The van der Waals surface area contributed by atoms with E-state index in [0.717, 1.165) is 12.8 Å². The molecule has 2 aromatic rings. The third-order valence-electron chi connectivity index (χ3n) is 4.51. The third kappa shape index (κ3) is 2.22. The van der Waals surface area contributed by atoms with Crippen LogP contribution in [0.25, 0.3) is 5.69 Å². The molecule has 5 nitrogen and oxygen atoms in total. The van der Waals surface area contributed by atoms with E-state index < -0.39 is 0 Å². The van der Waals surface area contributed by atoms with E-state index in [1.807, 2.05) is 12.1 Å². The number of carbonyl (C=O) groups excluding carboxylic acids is 1. The molecule has 1 saturated carbocycles. The third-order valence-corrected chi connectivity index (χ3v) is 4.81. The van der Waals surface area contributed by atoms with Gasteiger partial charge in [0.1, 0.15) is 18.3 Å². The van der Waals surface area contributed by atoms with Crippen LogP contribution in [0.3, 0.4) is 0 Å². The van der Waals surface area contributed by atoms with E-state index in [9.17, 15) is 4.79 Å². The Morgan fingerprint density at radius 1 is 1.32 bits per heavy atom. The fourth-order valence-electron chi connectivity index (χ4n) is 3.48. The number of nitrogens with zero attached hydrogens (tertiary/aromatic N) is 3. The Bertz CT molecular complexity index is 741. The lowest BCUT2D eigenvalue weighted by atomic mass is 9.93. The zero-order valence-corrected chi connectivity index (χ0v) is 12.6. The molecule has 1 N–H and O–H groups in total. The first-order valence-electron chi connectivity index (χ1n) is 7.35. The summed E-state index contributed by atoms with van der Waals surface area (Å²) >= 11 is 6.28. The molecule has 2 bridgehead atoms. The molecule has 1 aromatic heterocycles. The molecule has 0 spiro atoms. The molecule has 22 heavy (non-hydrogen) atoms. The highest BCUT2D eigenvalue weighted by Gasteiger charge is 2.39. The number of allylic oxidation sites excluding steroid dienone is 2. The van der Waals surface area contributed by atoms with Crippen molar-refractivity contribution >= 4 is 23.2 Å². The van der Waals surface area contributed by atoms with E-state index in [2.05, 4.69) is 27.6 Å². The molecule has 0 radical (unpaired) electrons. The SMILES string of the molecule is O=C(Nc1cccc(Cl)c1-n1cncn1)C1CC2C=CC1C2. The number of halogens is 1. The standard InChI is InChI=1S/C16H15ClN4O/c17-13-2-1-3-14(15(13)21-9-18-8-19-21)20-16(22)12-7-10-4-5-11(12)6-10/h1-5,8-12H,6-7H2,(H,20,22). The van der Waals surface area contributed by atoms with Gasteiger partial charge in [0.25, 0.3) is 0 Å². The molecule has 112 valence electrons. The molecule has 2 aliphatic rings. The summed E-state index contributed by atoms with van der Waals surface area (Å²) in [4.78, 5) is 16.5. The van der Waals surface area contributed by atoms with Crippen molar-refractivity contribution in [3.05, 3.63) is 48.0 Å². The molecule has 3 atom stereocenters. The van der Waals surface area contributed by atoms with Crippen LogP contribution in [0.1, 0.15) is 12.8 Å². The second-order valence-corrected chi connectivity index (χ2v) is 6.26. The zero-order valence-electron chi connectivity index (χ0n) is 11.8. The summed E-state index contributed by atoms with van der Waals surface area (Å²) in [5.74, 6) is 1.05. The average Bonchev–Trinajstić information content (AvgIpc) is 3.25. The van der Waals surface area contributed by atoms with Crippen molar-refractivity contribution in [2.45, 2.75) is 12.8 Å². The summed E-state index contributed by atoms with van der Waals surface area (Å²) in [6.45, 7) is 0. The topological polar surface area (TPSA) is 59.8 Å². The van der Waals surface area contributed by atoms with E-state index in [1.165, 1.54) is 6.33 Å². The minimum Gasteiger partial charge on any atom is -0.324 e. The molecule has 0 aliphatic heterocycles. The van der Waals surface area contributed by atoms with Gasteiger partial charge in [0, 0.05) is 5.92 Å². The highest BCUT2D eigenvalue weighted by atomic mass is 35.5. The Labute approximate surface area is 133 Å². The van der Waals surface area contributed by atoms with E-state index >= 15 is 0 Å². The molecular weight excluding hydrogens is 300 g/mol. The molecule has 6 heteroatoms. The van der Waals surface area contributed by atoms with Gasteiger partial charge in [0.15, 0.2) is 0 Å². The minimum atomic E-state index is 0.0533. The predicted molar refractivity (Wildman–Crippen MR) is 83.8 cm³/mol. The van der Waals surface area contributed by atoms with Gasteiger partial charge in [0.2, 0.25) is 5.91 Å².